The molecule has 0 heterocycles. The molecule has 0 unspecified atom stereocenters. The zero-order valence-electron chi connectivity index (χ0n) is 9.24. The summed E-state index contributed by atoms with van der Waals surface area (Å²) in [6.07, 6.45) is 1.82. The van der Waals surface area contributed by atoms with E-state index in [2.05, 4.69) is 48.9 Å². The molecule has 1 rings (SSSR count). The molecule has 0 aromatic heterocycles. The van der Waals surface area contributed by atoms with E-state index in [4.69, 9.17) is 0 Å². The van der Waals surface area contributed by atoms with Crippen molar-refractivity contribution in [3.05, 3.63) is 24.3 Å². The first-order valence-electron chi connectivity index (χ1n) is 4.79. The van der Waals surface area contributed by atoms with Gasteiger partial charge in [0.25, 0.3) is 0 Å². The molecule has 0 bridgehead atoms. The minimum absolute atomic E-state index is 1.03. The third-order valence-corrected chi connectivity index (χ3v) is 5.20. The van der Waals surface area contributed by atoms with Crippen LogP contribution in [-0.2, 0) is 0 Å². The van der Waals surface area contributed by atoms with Gasteiger partial charge in [0.2, 0.25) is 0 Å². The van der Waals surface area contributed by atoms with Gasteiger partial charge in [-0.1, -0.05) is 19.6 Å². The van der Waals surface area contributed by atoms with Crippen LogP contribution in [0.25, 0.3) is 0 Å². The van der Waals surface area contributed by atoms with Crippen LogP contribution in [0.15, 0.2) is 34.2 Å². The highest BCUT2D eigenvalue weighted by atomic mass is 32.4. The minimum atomic E-state index is -1.06. The van der Waals surface area contributed by atoms with Gasteiger partial charge in [-0.25, -0.2) is 0 Å². The van der Waals surface area contributed by atoms with Crippen LogP contribution in [0.1, 0.15) is 6.92 Å². The fourth-order valence-electron chi connectivity index (χ4n) is 1.10. The maximum absolute atomic E-state index is 4.22. The SMILES string of the molecule is CC=Nc1ccc(S[Si](C)(C)C)cc1. The van der Waals surface area contributed by atoms with Gasteiger partial charge in [0.1, 0.15) is 7.22 Å². The molecular formula is C11H17NSSi. The van der Waals surface area contributed by atoms with E-state index in [9.17, 15) is 0 Å². The van der Waals surface area contributed by atoms with Crippen LogP contribution in [0, 0.1) is 0 Å². The van der Waals surface area contributed by atoms with Gasteiger partial charge in [-0.3, -0.25) is 4.99 Å². The third-order valence-electron chi connectivity index (χ3n) is 1.54. The van der Waals surface area contributed by atoms with Crippen LogP contribution in [0.4, 0.5) is 5.69 Å². The Kier molecular flexibility index (Phi) is 3.95. The zero-order valence-corrected chi connectivity index (χ0v) is 11.1. The first-order valence-corrected chi connectivity index (χ1v) is 9.83. The van der Waals surface area contributed by atoms with Crippen LogP contribution in [0.5, 0.6) is 0 Å². The van der Waals surface area contributed by atoms with E-state index in [1.165, 1.54) is 4.90 Å². The third kappa shape index (κ3) is 4.11. The Morgan fingerprint density at radius 3 is 2.14 bits per heavy atom. The largest absolute Gasteiger partial charge is 0.262 e. The van der Waals surface area contributed by atoms with Crippen LogP contribution in [0.3, 0.4) is 0 Å². The number of benzene rings is 1. The van der Waals surface area contributed by atoms with Gasteiger partial charge >= 0.3 is 0 Å². The number of hydrogen-bond acceptors (Lipinski definition) is 2. The highest BCUT2D eigenvalue weighted by Crippen LogP contribution is 2.29. The van der Waals surface area contributed by atoms with Crippen molar-refractivity contribution in [1.29, 1.82) is 0 Å². The second-order valence-electron chi connectivity index (χ2n) is 4.10. The van der Waals surface area contributed by atoms with Crippen molar-refractivity contribution >= 4 is 30.3 Å². The molecule has 0 aliphatic heterocycles. The molecule has 0 spiro atoms. The van der Waals surface area contributed by atoms with Crippen LogP contribution in [-0.4, -0.2) is 13.4 Å². The Morgan fingerprint density at radius 2 is 1.71 bits per heavy atom. The Balaban J connectivity index is 2.74. The summed E-state index contributed by atoms with van der Waals surface area (Å²) in [5.74, 6) is 0. The van der Waals surface area contributed by atoms with Crippen molar-refractivity contribution in [2.75, 3.05) is 0 Å². The second kappa shape index (κ2) is 4.80. The van der Waals surface area contributed by atoms with Gasteiger partial charge < -0.3 is 0 Å². The zero-order chi connectivity index (χ0) is 10.6. The molecule has 0 aliphatic rings. The molecule has 1 aromatic rings. The molecule has 1 nitrogen and oxygen atoms in total. The number of nitrogens with zero attached hydrogens (tertiary/aromatic N) is 1. The monoisotopic (exact) mass is 223 g/mol. The lowest BCUT2D eigenvalue weighted by Crippen LogP contribution is -2.13. The summed E-state index contributed by atoms with van der Waals surface area (Å²) in [4.78, 5) is 5.58. The lowest BCUT2D eigenvalue weighted by Gasteiger charge is -2.14. The molecule has 0 aliphatic carbocycles. The van der Waals surface area contributed by atoms with E-state index >= 15 is 0 Å². The lowest BCUT2D eigenvalue weighted by molar-refractivity contribution is 1.43. The quantitative estimate of drug-likeness (QED) is 0.548. The summed E-state index contributed by atoms with van der Waals surface area (Å²) >= 11 is 2.01. The Bertz CT molecular complexity index is 311. The first kappa shape index (κ1) is 11.5. The molecular weight excluding hydrogens is 206 g/mol. The van der Waals surface area contributed by atoms with Crippen LogP contribution in [0.2, 0.25) is 19.6 Å². The summed E-state index contributed by atoms with van der Waals surface area (Å²) < 4.78 is 0. The van der Waals surface area contributed by atoms with Crippen molar-refractivity contribution in [3.8, 4) is 0 Å². The summed E-state index contributed by atoms with van der Waals surface area (Å²) in [7, 11) is -1.06. The topological polar surface area (TPSA) is 12.4 Å². The predicted molar refractivity (Wildman–Crippen MR) is 69.5 cm³/mol. The van der Waals surface area contributed by atoms with Gasteiger partial charge in [0.15, 0.2) is 0 Å². The van der Waals surface area contributed by atoms with E-state index in [1.807, 2.05) is 24.3 Å². The molecule has 0 atom stereocenters. The van der Waals surface area contributed by atoms with Gasteiger partial charge in [0.05, 0.1) is 5.69 Å². The minimum Gasteiger partial charge on any atom is -0.262 e. The van der Waals surface area contributed by atoms with Crippen LogP contribution < -0.4 is 0 Å². The fraction of sp³-hybridized carbons (Fsp3) is 0.364. The number of aliphatic imine (C=N–C) groups is 1. The molecule has 0 N–H and O–H groups in total. The van der Waals surface area contributed by atoms with Crippen molar-refractivity contribution in [3.63, 3.8) is 0 Å². The molecule has 1 aromatic carbocycles. The normalized spacial score (nSPS) is 12.3. The van der Waals surface area contributed by atoms with E-state index in [0.29, 0.717) is 0 Å². The summed E-state index contributed by atoms with van der Waals surface area (Å²) in [5.41, 5.74) is 1.03. The molecule has 76 valence electrons. The predicted octanol–water partition coefficient (Wildman–Crippen LogP) is 4.34. The molecule has 3 heteroatoms. The maximum atomic E-state index is 4.22. The number of hydrogen-bond donors (Lipinski definition) is 0. The molecule has 0 fully saturated rings. The Labute approximate surface area is 91.3 Å². The second-order valence-corrected chi connectivity index (χ2v) is 13.3. The van der Waals surface area contributed by atoms with Crippen LogP contribution >= 0.6 is 11.2 Å². The lowest BCUT2D eigenvalue weighted by atomic mass is 10.3. The molecule has 0 radical (unpaired) electrons. The van der Waals surface area contributed by atoms with Gasteiger partial charge in [-0.2, -0.15) is 11.2 Å². The van der Waals surface area contributed by atoms with E-state index in [0.717, 1.165) is 5.69 Å². The Morgan fingerprint density at radius 1 is 1.14 bits per heavy atom. The Hall–Kier alpha value is -0.543. The average molecular weight is 223 g/mol. The summed E-state index contributed by atoms with van der Waals surface area (Å²) in [6.45, 7) is 9.01. The summed E-state index contributed by atoms with van der Waals surface area (Å²) in [5, 5.41) is 0. The smallest absolute Gasteiger partial charge is 0.114 e. The van der Waals surface area contributed by atoms with E-state index in [-0.39, 0.29) is 0 Å². The standard InChI is InChI=1S/C11H17NSSi/c1-5-12-10-6-8-11(9-7-10)13-14(2,3)4/h5-9H,1-4H3. The molecule has 0 amide bonds. The fourth-order valence-corrected chi connectivity index (χ4v) is 4.61. The van der Waals surface area contributed by atoms with Gasteiger partial charge in [0, 0.05) is 11.1 Å². The van der Waals surface area contributed by atoms with E-state index in [1.54, 1.807) is 0 Å². The van der Waals surface area contributed by atoms with Crippen molar-refractivity contribution in [1.82, 2.24) is 0 Å². The highest BCUT2D eigenvalue weighted by Gasteiger charge is 2.14. The first-order chi connectivity index (χ1) is 6.51. The van der Waals surface area contributed by atoms with Crippen molar-refractivity contribution in [2.45, 2.75) is 31.5 Å². The van der Waals surface area contributed by atoms with Gasteiger partial charge in [-0.05, 0) is 31.2 Å². The average Bonchev–Trinajstić information content (AvgIpc) is 2.06. The van der Waals surface area contributed by atoms with E-state index < -0.39 is 7.22 Å². The highest BCUT2D eigenvalue weighted by molar-refractivity contribution is 8.28. The molecule has 0 saturated heterocycles. The van der Waals surface area contributed by atoms with Crippen molar-refractivity contribution in [2.24, 2.45) is 4.99 Å². The maximum Gasteiger partial charge on any atom is 0.114 e. The molecule has 14 heavy (non-hydrogen) atoms. The number of rotatable bonds is 3. The summed E-state index contributed by atoms with van der Waals surface area (Å²) in [6, 6.07) is 8.46. The molecule has 0 saturated carbocycles. The van der Waals surface area contributed by atoms with Crippen molar-refractivity contribution < 1.29 is 0 Å². The van der Waals surface area contributed by atoms with Gasteiger partial charge in [-0.15, -0.1) is 0 Å².